The first-order valence-corrected chi connectivity index (χ1v) is 6.93. The molecule has 2 N–H and O–H groups in total. The van der Waals surface area contributed by atoms with Gasteiger partial charge in [0.1, 0.15) is 6.04 Å². The highest BCUT2D eigenvalue weighted by molar-refractivity contribution is 8.00. The zero-order chi connectivity index (χ0) is 13.7. The molecular formula is C12H20N2O3S. The summed E-state index contributed by atoms with van der Waals surface area (Å²) in [4.78, 5) is 24.6. The molecule has 0 bridgehead atoms. The van der Waals surface area contributed by atoms with Crippen LogP contribution in [0.1, 0.15) is 20.3 Å². The average molecular weight is 272 g/mol. The minimum absolute atomic E-state index is 0.231. The summed E-state index contributed by atoms with van der Waals surface area (Å²) in [6, 6.07) is -1.20. The molecule has 1 aliphatic rings. The van der Waals surface area contributed by atoms with Crippen LogP contribution in [0.15, 0.2) is 12.7 Å². The molecule has 0 aromatic carbocycles. The van der Waals surface area contributed by atoms with Gasteiger partial charge in [-0.3, -0.25) is 0 Å². The van der Waals surface area contributed by atoms with E-state index in [-0.39, 0.29) is 12.5 Å². The SMILES string of the molecule is C=CCC(NC(=O)N1CC(C)SC(C)C1)C(=O)O. The van der Waals surface area contributed by atoms with Crippen LogP contribution < -0.4 is 5.32 Å². The van der Waals surface area contributed by atoms with E-state index in [9.17, 15) is 9.59 Å². The zero-order valence-electron chi connectivity index (χ0n) is 10.8. The van der Waals surface area contributed by atoms with Crippen LogP contribution in [-0.2, 0) is 4.79 Å². The molecule has 0 aliphatic carbocycles. The summed E-state index contributed by atoms with van der Waals surface area (Å²) in [6.07, 6.45) is 1.73. The Labute approximate surface area is 112 Å². The average Bonchev–Trinajstić information content (AvgIpc) is 2.26. The summed E-state index contributed by atoms with van der Waals surface area (Å²) >= 11 is 1.84. The molecule has 3 atom stereocenters. The molecule has 0 aromatic rings. The second-order valence-corrected chi connectivity index (χ2v) is 6.41. The lowest BCUT2D eigenvalue weighted by Crippen LogP contribution is -2.52. The second kappa shape index (κ2) is 6.68. The lowest BCUT2D eigenvalue weighted by molar-refractivity contribution is -0.139. The Balaban J connectivity index is 2.57. The quantitative estimate of drug-likeness (QED) is 0.762. The molecule has 0 aromatic heterocycles. The highest BCUT2D eigenvalue weighted by Gasteiger charge is 2.28. The Morgan fingerprint density at radius 2 is 2.06 bits per heavy atom. The number of nitrogens with zero attached hydrogens (tertiary/aromatic N) is 1. The zero-order valence-corrected chi connectivity index (χ0v) is 11.6. The highest BCUT2D eigenvalue weighted by Crippen LogP contribution is 2.24. The van der Waals surface area contributed by atoms with Gasteiger partial charge in [0.2, 0.25) is 0 Å². The van der Waals surface area contributed by atoms with E-state index in [0.717, 1.165) is 0 Å². The number of carbonyl (C=O) groups is 2. The highest BCUT2D eigenvalue weighted by atomic mass is 32.2. The Kier molecular flexibility index (Phi) is 5.53. The van der Waals surface area contributed by atoms with Crippen molar-refractivity contribution in [3.05, 3.63) is 12.7 Å². The maximum atomic E-state index is 12.0. The molecule has 18 heavy (non-hydrogen) atoms. The van der Waals surface area contributed by atoms with Crippen molar-refractivity contribution >= 4 is 23.8 Å². The number of carbonyl (C=O) groups excluding carboxylic acids is 1. The smallest absolute Gasteiger partial charge is 0.326 e. The van der Waals surface area contributed by atoms with E-state index in [1.807, 2.05) is 11.8 Å². The molecule has 5 nitrogen and oxygen atoms in total. The standard InChI is InChI=1S/C12H20N2O3S/c1-4-5-10(11(15)16)13-12(17)14-6-8(2)18-9(3)7-14/h4,8-10H,1,5-7H2,2-3H3,(H,13,17)(H,15,16). The van der Waals surface area contributed by atoms with E-state index in [2.05, 4.69) is 25.7 Å². The fourth-order valence-electron chi connectivity index (χ4n) is 1.97. The summed E-state index contributed by atoms with van der Waals surface area (Å²) in [6.45, 7) is 8.94. The summed E-state index contributed by atoms with van der Waals surface area (Å²) in [5.41, 5.74) is 0. The molecule has 1 fully saturated rings. The summed E-state index contributed by atoms with van der Waals surface area (Å²) in [5.74, 6) is -1.03. The molecule has 1 aliphatic heterocycles. The van der Waals surface area contributed by atoms with Gasteiger partial charge in [0.25, 0.3) is 0 Å². The number of thioether (sulfide) groups is 1. The van der Waals surface area contributed by atoms with Crippen LogP contribution in [0, 0.1) is 0 Å². The maximum Gasteiger partial charge on any atom is 0.326 e. The van der Waals surface area contributed by atoms with Crippen LogP contribution in [-0.4, -0.2) is 51.6 Å². The van der Waals surface area contributed by atoms with Gasteiger partial charge < -0.3 is 15.3 Å². The lowest BCUT2D eigenvalue weighted by atomic mass is 10.2. The van der Waals surface area contributed by atoms with Gasteiger partial charge in [0, 0.05) is 23.6 Å². The number of carboxylic acid groups (broad SMARTS) is 1. The normalized spacial score (nSPS) is 25.3. The van der Waals surface area contributed by atoms with Crippen LogP contribution in [0.3, 0.4) is 0 Å². The van der Waals surface area contributed by atoms with Crippen molar-refractivity contribution in [2.45, 2.75) is 36.8 Å². The Bertz CT molecular complexity index is 325. The molecule has 2 amide bonds. The number of rotatable bonds is 4. The van der Waals surface area contributed by atoms with E-state index in [4.69, 9.17) is 5.11 Å². The monoisotopic (exact) mass is 272 g/mol. The van der Waals surface area contributed by atoms with Crippen molar-refractivity contribution in [3.63, 3.8) is 0 Å². The molecule has 0 spiro atoms. The first kappa shape index (κ1) is 14.9. The van der Waals surface area contributed by atoms with E-state index in [1.165, 1.54) is 6.08 Å². The molecule has 0 radical (unpaired) electrons. The van der Waals surface area contributed by atoms with E-state index >= 15 is 0 Å². The van der Waals surface area contributed by atoms with Crippen LogP contribution in [0.25, 0.3) is 0 Å². The van der Waals surface area contributed by atoms with Crippen LogP contribution in [0.4, 0.5) is 4.79 Å². The topological polar surface area (TPSA) is 69.6 Å². The van der Waals surface area contributed by atoms with Gasteiger partial charge in [-0.05, 0) is 6.42 Å². The Hall–Kier alpha value is -1.17. The molecule has 1 saturated heterocycles. The third-order valence-corrected chi connectivity index (χ3v) is 3.93. The fourth-order valence-corrected chi connectivity index (χ4v) is 3.30. The van der Waals surface area contributed by atoms with Crippen molar-refractivity contribution in [2.75, 3.05) is 13.1 Å². The molecular weight excluding hydrogens is 252 g/mol. The van der Waals surface area contributed by atoms with Crippen molar-refractivity contribution < 1.29 is 14.7 Å². The predicted octanol–water partition coefficient (Wildman–Crippen LogP) is 1.55. The van der Waals surface area contributed by atoms with Gasteiger partial charge >= 0.3 is 12.0 Å². The van der Waals surface area contributed by atoms with Gasteiger partial charge in [-0.25, -0.2) is 9.59 Å². The second-order valence-electron chi connectivity index (χ2n) is 4.53. The number of aliphatic carboxylic acids is 1. The summed E-state index contributed by atoms with van der Waals surface area (Å²) < 4.78 is 0. The third-order valence-electron chi connectivity index (χ3n) is 2.70. The van der Waals surface area contributed by atoms with E-state index in [1.54, 1.807) is 4.90 Å². The lowest BCUT2D eigenvalue weighted by Gasteiger charge is -2.35. The van der Waals surface area contributed by atoms with Gasteiger partial charge in [-0.2, -0.15) is 11.8 Å². The van der Waals surface area contributed by atoms with E-state index < -0.39 is 12.0 Å². The number of amides is 2. The molecule has 1 heterocycles. The van der Waals surface area contributed by atoms with Gasteiger partial charge in [0.15, 0.2) is 0 Å². The third kappa shape index (κ3) is 4.25. The number of carboxylic acids is 1. The number of hydrogen-bond donors (Lipinski definition) is 2. The van der Waals surface area contributed by atoms with E-state index in [0.29, 0.717) is 23.6 Å². The van der Waals surface area contributed by atoms with Crippen LogP contribution in [0.2, 0.25) is 0 Å². The summed E-state index contributed by atoms with van der Waals surface area (Å²) in [7, 11) is 0. The molecule has 1 rings (SSSR count). The minimum Gasteiger partial charge on any atom is -0.480 e. The number of urea groups is 1. The van der Waals surface area contributed by atoms with Gasteiger partial charge in [0.05, 0.1) is 0 Å². The van der Waals surface area contributed by atoms with Gasteiger partial charge in [-0.15, -0.1) is 6.58 Å². The first-order valence-electron chi connectivity index (χ1n) is 5.98. The fraction of sp³-hybridized carbons (Fsp3) is 0.667. The number of hydrogen-bond acceptors (Lipinski definition) is 3. The van der Waals surface area contributed by atoms with Crippen molar-refractivity contribution in [1.29, 1.82) is 0 Å². The predicted molar refractivity (Wildman–Crippen MR) is 72.9 cm³/mol. The molecule has 6 heteroatoms. The Morgan fingerprint density at radius 1 is 1.50 bits per heavy atom. The van der Waals surface area contributed by atoms with Crippen LogP contribution in [0.5, 0.6) is 0 Å². The van der Waals surface area contributed by atoms with Crippen molar-refractivity contribution in [3.8, 4) is 0 Å². The van der Waals surface area contributed by atoms with Crippen molar-refractivity contribution in [1.82, 2.24) is 10.2 Å². The first-order chi connectivity index (χ1) is 8.43. The molecule has 0 saturated carbocycles. The molecule has 3 unspecified atom stereocenters. The van der Waals surface area contributed by atoms with Crippen molar-refractivity contribution in [2.24, 2.45) is 0 Å². The minimum atomic E-state index is -1.03. The largest absolute Gasteiger partial charge is 0.480 e. The number of nitrogens with one attached hydrogen (secondary N) is 1. The summed E-state index contributed by atoms with van der Waals surface area (Å²) in [5, 5.41) is 12.3. The molecule has 102 valence electrons. The maximum absolute atomic E-state index is 12.0. The Morgan fingerprint density at radius 3 is 2.50 bits per heavy atom. The van der Waals surface area contributed by atoms with Gasteiger partial charge in [-0.1, -0.05) is 19.9 Å². The van der Waals surface area contributed by atoms with Crippen LogP contribution >= 0.6 is 11.8 Å².